The summed E-state index contributed by atoms with van der Waals surface area (Å²) in [5.41, 5.74) is 1.79. The van der Waals surface area contributed by atoms with Gasteiger partial charge in [-0.15, -0.1) is 10.2 Å². The van der Waals surface area contributed by atoms with Gasteiger partial charge in [0.1, 0.15) is 0 Å². The largest absolute Gasteiger partial charge is 0.335 e. The number of aromatic nitrogens is 3. The third-order valence-electron chi connectivity index (χ3n) is 4.24. The maximum Gasteiger partial charge on any atom is 0.233 e. The van der Waals surface area contributed by atoms with Crippen LogP contribution in [0.4, 0.5) is 0 Å². The van der Waals surface area contributed by atoms with Gasteiger partial charge < -0.3 is 10.7 Å². The number of nitrogens with zero attached hydrogens (tertiary/aromatic N) is 4. The van der Waals surface area contributed by atoms with E-state index >= 15 is 0 Å². The number of nitrogens with two attached hydrogens (primary N) is 1. The lowest BCUT2D eigenvalue weighted by Crippen LogP contribution is -2.37. The van der Waals surface area contributed by atoms with Crippen molar-refractivity contribution in [1.29, 1.82) is 0 Å². The molecular weight excluding hydrogens is 394 g/mol. The summed E-state index contributed by atoms with van der Waals surface area (Å²) in [5.74, 6) is 6.85. The third-order valence-corrected chi connectivity index (χ3v) is 5.50. The lowest BCUT2D eigenvalue weighted by atomic mass is 10.2. The number of hydrogen-bond acceptors (Lipinski definition) is 5. The van der Waals surface area contributed by atoms with Crippen LogP contribution >= 0.6 is 23.4 Å². The first-order valence-corrected chi connectivity index (χ1v) is 10.2. The van der Waals surface area contributed by atoms with E-state index in [-0.39, 0.29) is 17.7 Å². The number of thioether (sulfide) groups is 1. The molecule has 3 aromatic rings. The molecule has 8 heteroatoms. The maximum atomic E-state index is 12.8. The molecular formula is C20H22ClN5OS. The van der Waals surface area contributed by atoms with E-state index < -0.39 is 0 Å². The SMILES string of the molecule is CC(C)N(Cc1ccccc1)C(=O)CSc1nnc(-c2ccccc2Cl)n1N. The van der Waals surface area contributed by atoms with Crippen molar-refractivity contribution in [1.82, 2.24) is 19.8 Å². The summed E-state index contributed by atoms with van der Waals surface area (Å²) in [6, 6.07) is 17.3. The Hall–Kier alpha value is -2.51. The van der Waals surface area contributed by atoms with E-state index in [0.29, 0.717) is 28.1 Å². The minimum Gasteiger partial charge on any atom is -0.335 e. The molecule has 3 rings (SSSR count). The Bertz CT molecular complexity index is 945. The Morgan fingerprint density at radius 3 is 2.50 bits per heavy atom. The molecule has 0 saturated carbocycles. The summed E-state index contributed by atoms with van der Waals surface area (Å²) >= 11 is 7.48. The van der Waals surface area contributed by atoms with Crippen LogP contribution in [0.1, 0.15) is 19.4 Å². The van der Waals surface area contributed by atoms with E-state index in [0.717, 1.165) is 5.56 Å². The lowest BCUT2D eigenvalue weighted by Gasteiger charge is -2.26. The molecule has 146 valence electrons. The molecule has 1 aromatic heterocycles. The minimum atomic E-state index is 0.0196. The van der Waals surface area contributed by atoms with Gasteiger partial charge in [0, 0.05) is 18.2 Å². The fourth-order valence-corrected chi connectivity index (χ4v) is 3.71. The van der Waals surface area contributed by atoms with Crippen LogP contribution in [0.3, 0.4) is 0 Å². The zero-order valence-electron chi connectivity index (χ0n) is 15.7. The van der Waals surface area contributed by atoms with Gasteiger partial charge in [0.05, 0.1) is 10.8 Å². The molecule has 1 amide bonds. The molecule has 6 nitrogen and oxygen atoms in total. The van der Waals surface area contributed by atoms with Crippen molar-refractivity contribution < 1.29 is 4.79 Å². The van der Waals surface area contributed by atoms with Gasteiger partial charge in [-0.25, -0.2) is 4.68 Å². The molecule has 0 spiro atoms. The second-order valence-electron chi connectivity index (χ2n) is 6.55. The first kappa shape index (κ1) is 20.2. The Morgan fingerprint density at radius 1 is 1.14 bits per heavy atom. The number of nitrogen functional groups attached to an aromatic ring is 1. The number of benzene rings is 2. The first-order valence-electron chi connectivity index (χ1n) is 8.89. The normalized spacial score (nSPS) is 11.0. The molecule has 0 radical (unpaired) electrons. The maximum absolute atomic E-state index is 12.8. The second kappa shape index (κ2) is 9.12. The van der Waals surface area contributed by atoms with Crippen LogP contribution in [0.5, 0.6) is 0 Å². The summed E-state index contributed by atoms with van der Waals surface area (Å²) in [6.45, 7) is 4.58. The molecule has 2 N–H and O–H groups in total. The smallest absolute Gasteiger partial charge is 0.233 e. The van der Waals surface area contributed by atoms with Crippen molar-refractivity contribution in [3.8, 4) is 11.4 Å². The van der Waals surface area contributed by atoms with Crippen LogP contribution in [0.25, 0.3) is 11.4 Å². The zero-order chi connectivity index (χ0) is 20.1. The highest BCUT2D eigenvalue weighted by atomic mass is 35.5. The van der Waals surface area contributed by atoms with Gasteiger partial charge >= 0.3 is 0 Å². The van der Waals surface area contributed by atoms with E-state index in [1.165, 1.54) is 16.4 Å². The Labute approximate surface area is 173 Å². The number of carbonyl (C=O) groups excluding carboxylic acids is 1. The van der Waals surface area contributed by atoms with Crippen LogP contribution in [-0.2, 0) is 11.3 Å². The van der Waals surface area contributed by atoms with Crippen LogP contribution in [-0.4, -0.2) is 37.5 Å². The van der Waals surface area contributed by atoms with Crippen LogP contribution in [0, 0.1) is 0 Å². The average molecular weight is 416 g/mol. The zero-order valence-corrected chi connectivity index (χ0v) is 17.3. The summed E-state index contributed by atoms with van der Waals surface area (Å²) < 4.78 is 1.37. The van der Waals surface area contributed by atoms with E-state index in [4.69, 9.17) is 17.4 Å². The van der Waals surface area contributed by atoms with E-state index in [2.05, 4.69) is 10.2 Å². The topological polar surface area (TPSA) is 77.0 Å². The van der Waals surface area contributed by atoms with Crippen molar-refractivity contribution >= 4 is 29.3 Å². The molecule has 28 heavy (non-hydrogen) atoms. The highest BCUT2D eigenvalue weighted by Crippen LogP contribution is 2.27. The molecule has 0 saturated heterocycles. The molecule has 0 unspecified atom stereocenters. The first-order chi connectivity index (χ1) is 13.5. The van der Waals surface area contributed by atoms with E-state index in [1.54, 1.807) is 6.07 Å². The highest BCUT2D eigenvalue weighted by molar-refractivity contribution is 7.99. The van der Waals surface area contributed by atoms with Crippen LogP contribution in [0.2, 0.25) is 5.02 Å². The highest BCUT2D eigenvalue weighted by Gasteiger charge is 2.20. The Balaban J connectivity index is 1.69. The lowest BCUT2D eigenvalue weighted by molar-refractivity contribution is -0.130. The van der Waals surface area contributed by atoms with Gasteiger partial charge in [-0.1, -0.05) is 65.8 Å². The predicted molar refractivity (Wildman–Crippen MR) is 113 cm³/mol. The van der Waals surface area contributed by atoms with Crippen molar-refractivity contribution in [2.24, 2.45) is 0 Å². The molecule has 0 bridgehead atoms. The van der Waals surface area contributed by atoms with Gasteiger partial charge in [0.15, 0.2) is 5.82 Å². The summed E-state index contributed by atoms with van der Waals surface area (Å²) in [5, 5.41) is 9.25. The fraction of sp³-hybridized carbons (Fsp3) is 0.250. The van der Waals surface area contributed by atoms with Gasteiger partial charge in [-0.2, -0.15) is 0 Å². The third kappa shape index (κ3) is 4.66. The monoisotopic (exact) mass is 415 g/mol. The van der Waals surface area contributed by atoms with E-state index in [1.807, 2.05) is 67.3 Å². The fourth-order valence-electron chi connectivity index (χ4n) is 2.75. The van der Waals surface area contributed by atoms with Gasteiger partial charge in [0.25, 0.3) is 0 Å². The van der Waals surface area contributed by atoms with Crippen molar-refractivity contribution in [2.45, 2.75) is 31.6 Å². The second-order valence-corrected chi connectivity index (χ2v) is 7.90. The van der Waals surface area contributed by atoms with Gasteiger partial charge in [-0.3, -0.25) is 4.79 Å². The number of halogens is 1. The predicted octanol–water partition coefficient (Wildman–Crippen LogP) is 3.84. The minimum absolute atomic E-state index is 0.0196. The standard InChI is InChI=1S/C20H22ClN5OS/c1-14(2)25(12-15-8-4-3-5-9-15)18(27)13-28-20-24-23-19(26(20)22)16-10-6-7-11-17(16)21/h3-11,14H,12-13,22H2,1-2H3. The van der Waals surface area contributed by atoms with Crippen molar-refractivity contribution in [2.75, 3.05) is 11.6 Å². The molecule has 2 aromatic carbocycles. The summed E-state index contributed by atoms with van der Waals surface area (Å²) in [4.78, 5) is 14.6. The average Bonchev–Trinajstić information content (AvgIpc) is 3.05. The molecule has 0 aliphatic rings. The molecule has 0 aliphatic carbocycles. The van der Waals surface area contributed by atoms with Crippen LogP contribution < -0.4 is 5.84 Å². The van der Waals surface area contributed by atoms with Crippen molar-refractivity contribution in [3.05, 3.63) is 65.2 Å². The summed E-state index contributed by atoms with van der Waals surface area (Å²) in [7, 11) is 0. The summed E-state index contributed by atoms with van der Waals surface area (Å²) in [6.07, 6.45) is 0. The quantitative estimate of drug-likeness (QED) is 0.468. The van der Waals surface area contributed by atoms with E-state index in [9.17, 15) is 4.79 Å². The molecule has 1 heterocycles. The molecule has 0 aliphatic heterocycles. The van der Waals surface area contributed by atoms with Crippen LogP contribution in [0.15, 0.2) is 59.8 Å². The van der Waals surface area contributed by atoms with Gasteiger partial charge in [-0.05, 0) is 31.5 Å². The Kier molecular flexibility index (Phi) is 6.59. The Morgan fingerprint density at radius 2 is 1.82 bits per heavy atom. The number of amides is 1. The number of carbonyl (C=O) groups is 1. The molecule has 0 fully saturated rings. The number of hydrogen-bond donors (Lipinski definition) is 1. The molecule has 0 atom stereocenters. The number of rotatable bonds is 7. The van der Waals surface area contributed by atoms with Crippen molar-refractivity contribution in [3.63, 3.8) is 0 Å². The van der Waals surface area contributed by atoms with Gasteiger partial charge in [0.2, 0.25) is 11.1 Å².